The number of carbonyl (C=O) groups excluding carboxylic acids is 1. The summed E-state index contributed by atoms with van der Waals surface area (Å²) in [6, 6.07) is 6.99. The van der Waals surface area contributed by atoms with Crippen LogP contribution in [0.4, 0.5) is 30.7 Å². The number of alkyl halides is 4. The van der Waals surface area contributed by atoms with E-state index in [-0.39, 0.29) is 6.61 Å². The van der Waals surface area contributed by atoms with E-state index in [9.17, 15) is 22.4 Å². The quantitative estimate of drug-likeness (QED) is 0.138. The zero-order valence-electron chi connectivity index (χ0n) is 19.3. The Balaban J connectivity index is 1.78. The first-order valence-electron chi connectivity index (χ1n) is 11.1. The number of halogens is 7. The molecule has 0 saturated heterocycles. The Morgan fingerprint density at radius 3 is 2.08 bits per heavy atom. The molecule has 4 rings (SSSR count). The molecule has 3 nitrogen and oxygen atoms in total. The molecule has 0 atom stereocenters. The van der Waals surface area contributed by atoms with Crippen molar-refractivity contribution in [3.8, 4) is 22.6 Å². The second kappa shape index (κ2) is 9.57. The van der Waals surface area contributed by atoms with E-state index in [4.69, 9.17) is 9.47 Å². The molecule has 1 aliphatic rings. The molecule has 0 N–H and O–H groups in total. The third kappa shape index (κ3) is 4.24. The van der Waals surface area contributed by atoms with Gasteiger partial charge < -0.3 is 9.47 Å². The number of fused-ring (bicyclic) bond motifs is 3. The maximum absolute atomic E-state index is 15.3. The Labute approximate surface area is 207 Å². The van der Waals surface area contributed by atoms with Crippen LogP contribution in [0, 0.1) is 17.5 Å². The molecule has 0 aliphatic heterocycles. The molecule has 3 aromatic rings. The summed E-state index contributed by atoms with van der Waals surface area (Å²) in [5.41, 5.74) is -5.45. The molecule has 0 saturated carbocycles. The third-order valence-electron chi connectivity index (χ3n) is 5.92. The van der Waals surface area contributed by atoms with Gasteiger partial charge in [-0.3, -0.25) is 0 Å². The first-order valence-corrected chi connectivity index (χ1v) is 11.1. The predicted molar refractivity (Wildman–Crippen MR) is 121 cm³/mol. The summed E-state index contributed by atoms with van der Waals surface area (Å²) in [6.45, 7) is 4.88. The molecule has 10 heteroatoms. The van der Waals surface area contributed by atoms with Gasteiger partial charge >= 0.3 is 17.8 Å². The van der Waals surface area contributed by atoms with Crippen LogP contribution in [0.15, 0.2) is 55.1 Å². The first-order chi connectivity index (χ1) is 17.4. The zero-order chi connectivity index (χ0) is 27.1. The minimum atomic E-state index is -5.25. The lowest BCUT2D eigenvalue weighted by Gasteiger charge is -2.35. The molecule has 0 radical (unpaired) electrons. The first kappa shape index (κ1) is 26.2. The van der Waals surface area contributed by atoms with Crippen LogP contribution in [-0.2, 0) is 18.3 Å². The lowest BCUT2D eigenvalue weighted by Crippen LogP contribution is -2.41. The van der Waals surface area contributed by atoms with Crippen molar-refractivity contribution in [1.82, 2.24) is 0 Å². The van der Waals surface area contributed by atoms with Gasteiger partial charge in [0, 0.05) is 0 Å². The fraction of sp³-hybridized carbons (Fsp3) is 0.222. The Kier molecular flexibility index (Phi) is 6.79. The van der Waals surface area contributed by atoms with E-state index in [2.05, 4.69) is 6.58 Å². The van der Waals surface area contributed by atoms with Crippen molar-refractivity contribution in [3.05, 3.63) is 94.8 Å². The number of carbonyl (C=O) groups is 1. The van der Waals surface area contributed by atoms with Crippen molar-refractivity contribution < 1.29 is 45.0 Å². The van der Waals surface area contributed by atoms with Gasteiger partial charge in [0.15, 0.2) is 23.1 Å². The highest BCUT2D eigenvalue weighted by molar-refractivity contribution is 5.93. The topological polar surface area (TPSA) is 35.5 Å². The van der Waals surface area contributed by atoms with Gasteiger partial charge in [-0.25, -0.2) is 18.0 Å². The van der Waals surface area contributed by atoms with Gasteiger partial charge in [0.1, 0.15) is 5.82 Å². The average Bonchev–Trinajstić information content (AvgIpc) is 2.84. The minimum absolute atomic E-state index is 0.119. The van der Waals surface area contributed by atoms with Gasteiger partial charge in [-0.15, -0.1) is 6.58 Å². The second-order valence-corrected chi connectivity index (χ2v) is 8.21. The molecule has 0 aromatic heterocycles. The predicted octanol–water partition coefficient (Wildman–Crippen LogP) is 7.70. The number of aryl methyl sites for hydroxylation is 1. The van der Waals surface area contributed by atoms with Crippen LogP contribution in [0.1, 0.15) is 40.4 Å². The highest BCUT2D eigenvalue weighted by Gasteiger charge is 2.65. The number of benzene rings is 3. The molecule has 0 spiro atoms. The highest BCUT2D eigenvalue weighted by Crippen LogP contribution is 2.60. The molecule has 0 amide bonds. The molecule has 0 bridgehead atoms. The van der Waals surface area contributed by atoms with E-state index in [1.54, 1.807) is 6.08 Å². The smallest absolute Gasteiger partial charge is 0.346 e. The minimum Gasteiger partial charge on any atom is -0.491 e. The maximum atomic E-state index is 15.3. The van der Waals surface area contributed by atoms with Crippen molar-refractivity contribution in [2.75, 3.05) is 6.61 Å². The molecular weight excluding hydrogens is 505 g/mol. The molecule has 194 valence electrons. The molecule has 3 aromatic carbocycles. The number of esters is 1. The van der Waals surface area contributed by atoms with E-state index in [0.29, 0.717) is 18.4 Å². The number of ether oxygens (including phenoxy) is 2. The van der Waals surface area contributed by atoms with Crippen molar-refractivity contribution >= 4 is 5.97 Å². The summed E-state index contributed by atoms with van der Waals surface area (Å²) in [5, 5.41) is 0. The summed E-state index contributed by atoms with van der Waals surface area (Å²) < 4.78 is 114. The summed E-state index contributed by atoms with van der Waals surface area (Å²) >= 11 is 0. The summed E-state index contributed by atoms with van der Waals surface area (Å²) in [5.74, 6) is -18.0. The number of hydrogen-bond acceptors (Lipinski definition) is 3. The number of hydrogen-bond donors (Lipinski definition) is 0. The lowest BCUT2D eigenvalue weighted by molar-refractivity contribution is -0.227. The van der Waals surface area contributed by atoms with Crippen LogP contribution in [0.5, 0.6) is 11.5 Å². The van der Waals surface area contributed by atoms with Crippen molar-refractivity contribution in [2.24, 2.45) is 0 Å². The molecule has 0 unspecified atom stereocenters. The summed E-state index contributed by atoms with van der Waals surface area (Å²) in [4.78, 5) is 12.6. The van der Waals surface area contributed by atoms with E-state index in [0.717, 1.165) is 36.4 Å². The average molecular weight is 524 g/mol. The molecular formula is C27H19F7O3. The van der Waals surface area contributed by atoms with E-state index >= 15 is 13.2 Å². The van der Waals surface area contributed by atoms with Crippen LogP contribution < -0.4 is 9.47 Å². The van der Waals surface area contributed by atoms with Crippen molar-refractivity contribution in [3.63, 3.8) is 0 Å². The summed E-state index contributed by atoms with van der Waals surface area (Å²) in [6.07, 6.45) is 2.62. The number of rotatable bonds is 7. The zero-order valence-corrected chi connectivity index (χ0v) is 19.3. The SMILES string of the molecule is C=CCCc1ccc(OC(=O)c2ccc3c(c2F)C(F)(F)C(F)(F)c2c-3ccc(OCC)c2F)c(F)c1. The fourth-order valence-electron chi connectivity index (χ4n) is 4.14. The van der Waals surface area contributed by atoms with Gasteiger partial charge in [-0.2, -0.15) is 17.6 Å². The van der Waals surface area contributed by atoms with Gasteiger partial charge in [0.2, 0.25) is 0 Å². The standard InChI is InChI=1S/C27H19F7O3/c1-3-5-6-14-7-11-19(18(28)13-14)37-25(35)17-9-8-15-16-10-12-20(36-4-2)24(30)22(16)27(33,34)26(31,32)21(15)23(17)29/h3,7-13H,1,4-6H2,2H3. The molecule has 1 aliphatic carbocycles. The largest absolute Gasteiger partial charge is 0.491 e. The van der Waals surface area contributed by atoms with Crippen LogP contribution in [0.3, 0.4) is 0 Å². The van der Waals surface area contributed by atoms with E-state index in [1.807, 2.05) is 0 Å². The van der Waals surface area contributed by atoms with E-state index < -0.39 is 74.6 Å². The Bertz CT molecular complexity index is 1400. The van der Waals surface area contributed by atoms with Gasteiger partial charge in [0.05, 0.1) is 23.3 Å². The Morgan fingerprint density at radius 2 is 1.49 bits per heavy atom. The Morgan fingerprint density at radius 1 is 0.892 bits per heavy atom. The second-order valence-electron chi connectivity index (χ2n) is 8.21. The van der Waals surface area contributed by atoms with Crippen LogP contribution >= 0.6 is 0 Å². The fourth-order valence-corrected chi connectivity index (χ4v) is 4.14. The molecule has 0 heterocycles. The van der Waals surface area contributed by atoms with Crippen LogP contribution in [0.2, 0.25) is 0 Å². The normalized spacial score (nSPS) is 14.9. The Hall–Kier alpha value is -3.82. The van der Waals surface area contributed by atoms with Crippen LogP contribution in [-0.4, -0.2) is 12.6 Å². The van der Waals surface area contributed by atoms with E-state index in [1.165, 1.54) is 13.0 Å². The summed E-state index contributed by atoms with van der Waals surface area (Å²) in [7, 11) is 0. The lowest BCUT2D eigenvalue weighted by atomic mass is 9.79. The maximum Gasteiger partial charge on any atom is 0.346 e. The highest BCUT2D eigenvalue weighted by atomic mass is 19.3. The van der Waals surface area contributed by atoms with Gasteiger partial charge in [-0.1, -0.05) is 18.2 Å². The number of allylic oxidation sites excluding steroid dienone is 1. The third-order valence-corrected chi connectivity index (χ3v) is 5.92. The monoisotopic (exact) mass is 524 g/mol. The van der Waals surface area contributed by atoms with Crippen molar-refractivity contribution in [2.45, 2.75) is 31.6 Å². The van der Waals surface area contributed by atoms with Gasteiger partial charge in [-0.05, 0) is 66.8 Å². The molecule has 0 fully saturated rings. The van der Waals surface area contributed by atoms with Crippen molar-refractivity contribution in [1.29, 1.82) is 0 Å². The van der Waals surface area contributed by atoms with Crippen LogP contribution in [0.25, 0.3) is 11.1 Å². The van der Waals surface area contributed by atoms with Gasteiger partial charge in [0.25, 0.3) is 0 Å². The molecule has 37 heavy (non-hydrogen) atoms.